The van der Waals surface area contributed by atoms with Crippen molar-refractivity contribution in [1.29, 1.82) is 0 Å². The molecule has 2 aliphatic heterocycles. The summed E-state index contributed by atoms with van der Waals surface area (Å²) in [7, 11) is 0. The lowest BCUT2D eigenvalue weighted by atomic mass is 10.2. The van der Waals surface area contributed by atoms with Gasteiger partial charge < -0.3 is 16.4 Å². The van der Waals surface area contributed by atoms with Gasteiger partial charge in [-0.3, -0.25) is 43.5 Å². The number of nitrogens with one attached hydrogen (secondary N) is 2. The third kappa shape index (κ3) is 5.94. The van der Waals surface area contributed by atoms with Crippen molar-refractivity contribution in [1.82, 2.24) is 25.3 Å². The Morgan fingerprint density at radius 1 is 0.853 bits per heavy atom. The monoisotopic (exact) mass is 476 g/mol. The maximum atomic E-state index is 12.4. The fourth-order valence-electron chi connectivity index (χ4n) is 3.73. The van der Waals surface area contributed by atoms with Gasteiger partial charge in [0.05, 0.1) is 19.0 Å². The van der Waals surface area contributed by atoms with Crippen LogP contribution in [0.3, 0.4) is 0 Å². The molecular weight excluding hydrogens is 444 g/mol. The molecule has 12 heteroatoms. The molecule has 186 valence electrons. The normalized spacial score (nSPS) is 19.2. The second kappa shape index (κ2) is 11.2. The highest BCUT2D eigenvalue weighted by atomic mass is 16.2. The first-order chi connectivity index (χ1) is 15.9. The van der Waals surface area contributed by atoms with Crippen LogP contribution in [-0.2, 0) is 28.8 Å². The number of likely N-dealkylation sites (tertiary alicyclic amines) is 2. The predicted molar refractivity (Wildman–Crippen MR) is 121 cm³/mol. The van der Waals surface area contributed by atoms with E-state index in [-0.39, 0.29) is 37.1 Å². The smallest absolute Gasteiger partial charge is 0.257 e. The van der Waals surface area contributed by atoms with Crippen LogP contribution in [0.1, 0.15) is 33.6 Å². The first-order valence-electron chi connectivity index (χ1n) is 11.0. The zero-order valence-electron chi connectivity index (χ0n) is 19.8. The highest BCUT2D eigenvalue weighted by molar-refractivity contribution is 6.15. The molecule has 2 rings (SSSR count). The second-order valence-electron chi connectivity index (χ2n) is 8.41. The van der Waals surface area contributed by atoms with Gasteiger partial charge in [-0.1, -0.05) is 13.2 Å². The average molecular weight is 477 g/mol. The van der Waals surface area contributed by atoms with Gasteiger partial charge in [-0.05, 0) is 20.8 Å². The van der Waals surface area contributed by atoms with Crippen molar-refractivity contribution >= 4 is 35.4 Å². The largest absolute Gasteiger partial charge is 0.353 e. The minimum atomic E-state index is -0.962. The number of nitrogens with two attached hydrogens (primary N) is 1. The molecule has 12 nitrogen and oxygen atoms in total. The Kier molecular flexibility index (Phi) is 8.82. The van der Waals surface area contributed by atoms with Crippen LogP contribution in [0, 0.1) is 0 Å². The van der Waals surface area contributed by atoms with E-state index < -0.39 is 53.7 Å². The molecule has 0 saturated carbocycles. The van der Waals surface area contributed by atoms with E-state index in [1.54, 1.807) is 11.8 Å². The van der Waals surface area contributed by atoms with Gasteiger partial charge in [0.15, 0.2) is 0 Å². The van der Waals surface area contributed by atoms with Crippen molar-refractivity contribution in [3.8, 4) is 0 Å². The maximum absolute atomic E-state index is 12.4. The lowest BCUT2D eigenvalue weighted by molar-refractivity contribution is -0.145. The summed E-state index contributed by atoms with van der Waals surface area (Å²) in [6, 6.07) is -1.92. The molecule has 0 aliphatic carbocycles. The number of hydrogen-bond donors (Lipinski definition) is 3. The van der Waals surface area contributed by atoms with Gasteiger partial charge in [-0.25, -0.2) is 0 Å². The van der Waals surface area contributed by atoms with Crippen LogP contribution < -0.4 is 16.4 Å². The Morgan fingerprint density at radius 2 is 1.21 bits per heavy atom. The fraction of sp³-hybridized carbons (Fsp3) is 0.545. The Balaban J connectivity index is 1.79. The number of carbonyl (C=O) groups excluding carboxylic acids is 6. The van der Waals surface area contributed by atoms with Gasteiger partial charge in [-0.2, -0.15) is 0 Å². The first kappa shape index (κ1) is 26.9. The van der Waals surface area contributed by atoms with Crippen LogP contribution >= 0.6 is 0 Å². The zero-order chi connectivity index (χ0) is 25.7. The van der Waals surface area contributed by atoms with E-state index in [1.807, 2.05) is 0 Å². The van der Waals surface area contributed by atoms with Crippen LogP contribution in [0.5, 0.6) is 0 Å². The lowest BCUT2D eigenvalue weighted by Crippen LogP contribution is -2.52. The predicted octanol–water partition coefficient (Wildman–Crippen LogP) is -1.77. The van der Waals surface area contributed by atoms with Crippen molar-refractivity contribution in [3.05, 3.63) is 24.3 Å². The SMILES string of the molecule is C=C1CC(=O)N(C(C)C(=O)NCCN(CCNC(=O)C(C)N2C(=O)CC(=C)C2=O)C(C)N)C1=O. The molecule has 0 radical (unpaired) electrons. The van der Waals surface area contributed by atoms with Crippen LogP contribution in [-0.4, -0.2) is 94.6 Å². The number of carbonyl (C=O) groups is 6. The average Bonchev–Trinajstić information content (AvgIpc) is 3.17. The minimum absolute atomic E-state index is 0.0892. The van der Waals surface area contributed by atoms with Crippen molar-refractivity contribution in [2.24, 2.45) is 5.73 Å². The van der Waals surface area contributed by atoms with E-state index in [0.29, 0.717) is 13.1 Å². The van der Waals surface area contributed by atoms with Gasteiger partial charge in [0.2, 0.25) is 23.6 Å². The van der Waals surface area contributed by atoms with E-state index in [1.165, 1.54) is 13.8 Å². The topological polar surface area (TPSA) is 162 Å². The molecule has 0 aromatic rings. The third-order valence-corrected chi connectivity index (χ3v) is 5.82. The molecule has 2 fully saturated rings. The Hall–Kier alpha value is -3.38. The Labute approximate surface area is 198 Å². The number of amides is 6. The fourth-order valence-corrected chi connectivity index (χ4v) is 3.73. The van der Waals surface area contributed by atoms with Gasteiger partial charge in [0.1, 0.15) is 12.1 Å². The van der Waals surface area contributed by atoms with Gasteiger partial charge in [0.25, 0.3) is 11.8 Å². The molecule has 3 atom stereocenters. The van der Waals surface area contributed by atoms with Crippen LogP contribution in [0.15, 0.2) is 24.3 Å². The van der Waals surface area contributed by atoms with Crippen LogP contribution in [0.4, 0.5) is 0 Å². The summed E-state index contributed by atoms with van der Waals surface area (Å²) in [5.41, 5.74) is 6.30. The molecule has 3 unspecified atom stereocenters. The van der Waals surface area contributed by atoms with Crippen molar-refractivity contribution in [2.75, 3.05) is 26.2 Å². The summed E-state index contributed by atoms with van der Waals surface area (Å²) in [5, 5.41) is 5.36. The number of imide groups is 2. The molecule has 2 heterocycles. The zero-order valence-corrected chi connectivity index (χ0v) is 19.8. The highest BCUT2D eigenvalue weighted by Gasteiger charge is 2.39. The van der Waals surface area contributed by atoms with E-state index in [4.69, 9.17) is 5.73 Å². The molecular formula is C22H32N6O6. The van der Waals surface area contributed by atoms with Crippen LogP contribution in [0.25, 0.3) is 0 Å². The standard InChI is InChI=1S/C22H32N6O6/c1-12-10-17(29)27(21(12)33)14(3)19(31)24-6-8-26(16(5)23)9-7-25-20(32)15(4)28-18(30)11-13(2)22(28)34/h14-16H,1-2,6-11,23H2,3-5H3,(H,24,31)(H,25,32). The molecule has 0 aromatic carbocycles. The van der Waals surface area contributed by atoms with E-state index in [0.717, 1.165) is 9.80 Å². The molecule has 2 aliphatic rings. The van der Waals surface area contributed by atoms with E-state index >= 15 is 0 Å². The second-order valence-corrected chi connectivity index (χ2v) is 8.41. The summed E-state index contributed by atoms with van der Waals surface area (Å²) < 4.78 is 0. The third-order valence-electron chi connectivity index (χ3n) is 5.82. The maximum Gasteiger partial charge on any atom is 0.257 e. The summed E-state index contributed by atoms with van der Waals surface area (Å²) >= 11 is 0. The minimum Gasteiger partial charge on any atom is -0.353 e. The summed E-state index contributed by atoms with van der Waals surface area (Å²) in [6.07, 6.45) is -0.568. The summed E-state index contributed by atoms with van der Waals surface area (Å²) in [6.45, 7) is 12.8. The molecule has 34 heavy (non-hydrogen) atoms. The van der Waals surface area contributed by atoms with Crippen LogP contribution in [0.2, 0.25) is 0 Å². The van der Waals surface area contributed by atoms with Crippen molar-refractivity contribution in [2.45, 2.75) is 51.9 Å². The molecule has 6 amide bonds. The molecule has 0 spiro atoms. The van der Waals surface area contributed by atoms with Crippen molar-refractivity contribution in [3.63, 3.8) is 0 Å². The van der Waals surface area contributed by atoms with Gasteiger partial charge in [-0.15, -0.1) is 0 Å². The Morgan fingerprint density at radius 3 is 1.47 bits per heavy atom. The first-order valence-corrected chi connectivity index (χ1v) is 11.0. The lowest BCUT2D eigenvalue weighted by Gasteiger charge is -2.28. The quantitative estimate of drug-likeness (QED) is 0.179. The molecule has 0 aromatic heterocycles. The van der Waals surface area contributed by atoms with E-state index in [2.05, 4.69) is 23.8 Å². The molecule has 4 N–H and O–H groups in total. The number of hydrogen-bond acceptors (Lipinski definition) is 8. The highest BCUT2D eigenvalue weighted by Crippen LogP contribution is 2.20. The number of rotatable bonds is 11. The number of nitrogens with zero attached hydrogens (tertiary/aromatic N) is 3. The Bertz CT molecular complexity index is 859. The summed E-state index contributed by atoms with van der Waals surface area (Å²) in [4.78, 5) is 76.3. The van der Waals surface area contributed by atoms with Crippen molar-refractivity contribution < 1.29 is 28.8 Å². The summed E-state index contributed by atoms with van der Waals surface area (Å²) in [5.74, 6) is -2.97. The van der Waals surface area contributed by atoms with E-state index in [9.17, 15) is 28.8 Å². The molecule has 2 saturated heterocycles. The van der Waals surface area contributed by atoms with Gasteiger partial charge >= 0.3 is 0 Å². The van der Waals surface area contributed by atoms with Gasteiger partial charge in [0, 0.05) is 37.3 Å². The molecule has 0 bridgehead atoms.